The molecule has 0 aromatic heterocycles. The van der Waals surface area contributed by atoms with Crippen LogP contribution in [0.5, 0.6) is 0 Å². The molecule has 1 N–H and O–H groups in total. The Hall–Kier alpha value is -2.42. The summed E-state index contributed by atoms with van der Waals surface area (Å²) >= 11 is 5.85. The van der Waals surface area contributed by atoms with Crippen LogP contribution in [-0.2, 0) is 30.8 Å². The number of amides is 1. The quantitative estimate of drug-likeness (QED) is 0.654. The van der Waals surface area contributed by atoms with E-state index in [1.165, 1.54) is 35.7 Å². The minimum Gasteiger partial charge on any atom is -0.467 e. The fraction of sp³-hybridized carbons (Fsp3) is 0.333. The van der Waals surface area contributed by atoms with Gasteiger partial charge in [-0.25, -0.2) is 13.2 Å². The number of carbonyl (C=O) groups is 2. The number of hydrogen-bond acceptors (Lipinski definition) is 5. The number of nitrogens with one attached hydrogen (secondary N) is 1. The van der Waals surface area contributed by atoms with Crippen LogP contribution in [0.3, 0.4) is 0 Å². The van der Waals surface area contributed by atoms with Crippen molar-refractivity contribution in [3.05, 3.63) is 65.2 Å². The Kier molecular flexibility index (Phi) is 7.12. The Morgan fingerprint density at radius 3 is 2.47 bits per heavy atom. The highest BCUT2D eigenvalue weighted by Gasteiger charge is 2.40. The maximum Gasteiger partial charge on any atom is 0.328 e. The summed E-state index contributed by atoms with van der Waals surface area (Å²) in [6.07, 6.45) is 1.17. The summed E-state index contributed by atoms with van der Waals surface area (Å²) in [6, 6.07) is 13.2. The molecule has 160 valence electrons. The smallest absolute Gasteiger partial charge is 0.328 e. The number of esters is 1. The van der Waals surface area contributed by atoms with Gasteiger partial charge in [-0.05, 0) is 42.7 Å². The van der Waals surface area contributed by atoms with Gasteiger partial charge in [-0.15, -0.1) is 0 Å². The molecule has 1 fully saturated rings. The lowest BCUT2D eigenvalue weighted by atomic mass is 10.1. The van der Waals surface area contributed by atoms with Crippen LogP contribution in [-0.4, -0.2) is 50.3 Å². The zero-order chi connectivity index (χ0) is 21.7. The van der Waals surface area contributed by atoms with Gasteiger partial charge in [0.25, 0.3) is 0 Å². The van der Waals surface area contributed by atoms with Gasteiger partial charge in [0.2, 0.25) is 15.9 Å². The highest BCUT2D eigenvalue weighted by atomic mass is 35.5. The number of benzene rings is 2. The summed E-state index contributed by atoms with van der Waals surface area (Å²) in [5, 5.41) is 3.10. The number of hydrogen-bond donors (Lipinski definition) is 1. The zero-order valence-electron chi connectivity index (χ0n) is 16.5. The Balaban J connectivity index is 1.78. The molecule has 3 rings (SSSR count). The average molecular weight is 451 g/mol. The summed E-state index contributed by atoms with van der Waals surface area (Å²) in [7, 11) is -2.62. The van der Waals surface area contributed by atoms with Crippen molar-refractivity contribution >= 4 is 33.5 Å². The van der Waals surface area contributed by atoms with Gasteiger partial charge in [0.1, 0.15) is 12.1 Å². The molecule has 0 saturated carbocycles. The summed E-state index contributed by atoms with van der Waals surface area (Å²) in [6.45, 7) is 0.227. The van der Waals surface area contributed by atoms with E-state index in [1.807, 2.05) is 30.3 Å². The number of sulfonamides is 1. The van der Waals surface area contributed by atoms with E-state index in [2.05, 4.69) is 5.32 Å². The molecule has 0 unspecified atom stereocenters. The van der Waals surface area contributed by atoms with Gasteiger partial charge in [-0.1, -0.05) is 41.9 Å². The predicted molar refractivity (Wildman–Crippen MR) is 112 cm³/mol. The van der Waals surface area contributed by atoms with Crippen molar-refractivity contribution in [2.75, 3.05) is 13.7 Å². The molecule has 1 aliphatic heterocycles. The van der Waals surface area contributed by atoms with Crippen molar-refractivity contribution in [1.29, 1.82) is 0 Å². The first kappa shape index (κ1) is 22.3. The molecule has 2 aromatic rings. The first-order valence-corrected chi connectivity index (χ1v) is 11.3. The molecule has 9 heteroatoms. The van der Waals surface area contributed by atoms with Crippen LogP contribution in [0.1, 0.15) is 18.4 Å². The second-order valence-corrected chi connectivity index (χ2v) is 9.33. The lowest BCUT2D eigenvalue weighted by molar-refractivity contribution is -0.145. The fourth-order valence-corrected chi connectivity index (χ4v) is 5.27. The van der Waals surface area contributed by atoms with Gasteiger partial charge >= 0.3 is 5.97 Å². The van der Waals surface area contributed by atoms with E-state index < -0.39 is 34.0 Å². The van der Waals surface area contributed by atoms with E-state index in [0.29, 0.717) is 17.9 Å². The van der Waals surface area contributed by atoms with E-state index >= 15 is 0 Å². The molecule has 1 amide bonds. The van der Waals surface area contributed by atoms with Gasteiger partial charge in [-0.3, -0.25) is 4.79 Å². The standard InChI is InChI=1S/C21H23ClN2O5S/c1-29-21(26)18(14-15-6-3-2-4-7-15)23-20(25)19-8-5-13-24(19)30(27,28)17-11-9-16(22)10-12-17/h2-4,6-7,9-12,18-19H,5,8,13-14H2,1H3,(H,23,25)/t18-,19+/m0/s1. The average Bonchev–Trinajstić information content (AvgIpc) is 3.25. The molecular formula is C21H23ClN2O5S. The molecular weight excluding hydrogens is 428 g/mol. The lowest BCUT2D eigenvalue weighted by Gasteiger charge is -2.25. The monoisotopic (exact) mass is 450 g/mol. The van der Waals surface area contributed by atoms with Crippen LogP contribution in [0.2, 0.25) is 5.02 Å². The summed E-state index contributed by atoms with van der Waals surface area (Å²) in [4.78, 5) is 25.2. The highest BCUT2D eigenvalue weighted by Crippen LogP contribution is 2.27. The van der Waals surface area contributed by atoms with Crippen molar-refractivity contribution in [3.63, 3.8) is 0 Å². The number of rotatable bonds is 7. The molecule has 0 bridgehead atoms. The van der Waals surface area contributed by atoms with E-state index in [-0.39, 0.29) is 17.9 Å². The lowest BCUT2D eigenvalue weighted by Crippen LogP contribution is -2.51. The second-order valence-electron chi connectivity index (χ2n) is 7.00. The number of ether oxygens (including phenoxy) is 1. The van der Waals surface area contributed by atoms with Gasteiger partial charge in [0.15, 0.2) is 0 Å². The molecule has 0 spiro atoms. The largest absolute Gasteiger partial charge is 0.467 e. The van der Waals surface area contributed by atoms with E-state index in [4.69, 9.17) is 16.3 Å². The minimum atomic E-state index is -3.87. The van der Waals surface area contributed by atoms with Crippen molar-refractivity contribution < 1.29 is 22.7 Å². The van der Waals surface area contributed by atoms with Crippen molar-refractivity contribution in [3.8, 4) is 0 Å². The molecule has 1 heterocycles. The molecule has 1 saturated heterocycles. The summed E-state index contributed by atoms with van der Waals surface area (Å²) in [5.41, 5.74) is 0.852. The van der Waals surface area contributed by atoms with Crippen LogP contribution in [0.25, 0.3) is 0 Å². The van der Waals surface area contributed by atoms with Crippen LogP contribution in [0.4, 0.5) is 0 Å². The van der Waals surface area contributed by atoms with Gasteiger partial charge in [0, 0.05) is 18.0 Å². The topological polar surface area (TPSA) is 92.8 Å². The maximum absolute atomic E-state index is 13.0. The van der Waals surface area contributed by atoms with Crippen LogP contribution < -0.4 is 5.32 Å². The third-order valence-electron chi connectivity index (χ3n) is 5.01. The van der Waals surface area contributed by atoms with Crippen molar-refractivity contribution in [2.24, 2.45) is 0 Å². The SMILES string of the molecule is COC(=O)[C@H](Cc1ccccc1)NC(=O)[C@H]1CCCN1S(=O)(=O)c1ccc(Cl)cc1. The summed E-state index contributed by atoms with van der Waals surface area (Å²) < 4.78 is 32.1. The number of nitrogens with zero attached hydrogens (tertiary/aromatic N) is 1. The second kappa shape index (κ2) is 9.59. The Bertz CT molecular complexity index is 996. The molecule has 1 aliphatic rings. The Labute approximate surface area is 181 Å². The maximum atomic E-state index is 13.0. The summed E-state index contributed by atoms with van der Waals surface area (Å²) in [5.74, 6) is -1.10. The Morgan fingerprint density at radius 1 is 1.17 bits per heavy atom. The highest BCUT2D eigenvalue weighted by molar-refractivity contribution is 7.89. The van der Waals surface area contributed by atoms with Crippen LogP contribution in [0, 0.1) is 0 Å². The molecule has 0 radical (unpaired) electrons. The van der Waals surface area contributed by atoms with Crippen LogP contribution >= 0.6 is 11.6 Å². The van der Waals surface area contributed by atoms with Gasteiger partial charge in [0.05, 0.1) is 12.0 Å². The predicted octanol–water partition coefficient (Wildman–Crippen LogP) is 2.39. The first-order valence-electron chi connectivity index (χ1n) is 9.52. The number of halogens is 1. The molecule has 30 heavy (non-hydrogen) atoms. The normalized spacial score (nSPS) is 18.0. The number of methoxy groups -OCH3 is 1. The van der Waals surface area contributed by atoms with Crippen LogP contribution in [0.15, 0.2) is 59.5 Å². The molecule has 2 aromatic carbocycles. The van der Waals surface area contributed by atoms with Gasteiger partial charge < -0.3 is 10.1 Å². The van der Waals surface area contributed by atoms with Crippen molar-refractivity contribution in [2.45, 2.75) is 36.2 Å². The third kappa shape index (κ3) is 5.00. The molecule has 2 atom stereocenters. The first-order chi connectivity index (χ1) is 14.3. The fourth-order valence-electron chi connectivity index (χ4n) is 3.49. The van der Waals surface area contributed by atoms with E-state index in [0.717, 1.165) is 5.56 Å². The van der Waals surface area contributed by atoms with E-state index in [9.17, 15) is 18.0 Å². The molecule has 7 nitrogen and oxygen atoms in total. The Morgan fingerprint density at radius 2 is 1.83 bits per heavy atom. The number of carbonyl (C=O) groups excluding carboxylic acids is 2. The van der Waals surface area contributed by atoms with E-state index in [1.54, 1.807) is 0 Å². The van der Waals surface area contributed by atoms with Gasteiger partial charge in [-0.2, -0.15) is 4.31 Å². The minimum absolute atomic E-state index is 0.0698. The zero-order valence-corrected chi connectivity index (χ0v) is 18.0. The third-order valence-corrected chi connectivity index (χ3v) is 7.19. The van der Waals surface area contributed by atoms with Crippen molar-refractivity contribution in [1.82, 2.24) is 9.62 Å². The molecule has 0 aliphatic carbocycles.